The zero-order valence-electron chi connectivity index (χ0n) is 22.7. The number of amides is 1. The summed E-state index contributed by atoms with van der Waals surface area (Å²) in [5.74, 6) is 0.794. The van der Waals surface area contributed by atoms with Gasteiger partial charge in [0.05, 0.1) is 13.2 Å². The molecule has 1 amide bonds. The molecule has 0 fully saturated rings. The van der Waals surface area contributed by atoms with Crippen LogP contribution in [0.3, 0.4) is 0 Å². The summed E-state index contributed by atoms with van der Waals surface area (Å²) in [5.41, 5.74) is 3.54. The van der Waals surface area contributed by atoms with Crippen LogP contribution in [0, 0.1) is 0 Å². The second kappa shape index (κ2) is 16.8. The highest BCUT2D eigenvalue weighted by atomic mass is 16.5. The van der Waals surface area contributed by atoms with Gasteiger partial charge in [-0.15, -0.1) is 0 Å². The van der Waals surface area contributed by atoms with Crippen LogP contribution >= 0.6 is 0 Å². The van der Waals surface area contributed by atoms with Gasteiger partial charge in [-0.05, 0) is 61.8 Å². The molecule has 202 valence electrons. The number of ketones is 2. The van der Waals surface area contributed by atoms with Crippen molar-refractivity contribution in [3.8, 4) is 0 Å². The van der Waals surface area contributed by atoms with E-state index < -0.39 is 0 Å². The summed E-state index contributed by atoms with van der Waals surface area (Å²) in [6, 6.07) is 15.2. The van der Waals surface area contributed by atoms with Crippen molar-refractivity contribution in [1.82, 2.24) is 0 Å². The average molecular weight is 510 g/mol. The maximum absolute atomic E-state index is 13.0. The van der Waals surface area contributed by atoms with Crippen molar-refractivity contribution in [1.29, 1.82) is 0 Å². The Hall–Kier alpha value is -2.83. The molecule has 1 unspecified atom stereocenters. The number of anilines is 1. The minimum absolute atomic E-state index is 0.0131. The molecular weight excluding hydrogens is 466 g/mol. The Morgan fingerprint density at radius 3 is 2.16 bits per heavy atom. The maximum atomic E-state index is 13.0. The second-order valence-electron chi connectivity index (χ2n) is 9.70. The fraction of sp³-hybridized carbons (Fsp3) is 0.516. The molecule has 0 aromatic heterocycles. The zero-order chi connectivity index (χ0) is 27.0. The number of carbonyl (C=O) groups is 3. The van der Waals surface area contributed by atoms with Gasteiger partial charge in [0.2, 0.25) is 5.91 Å². The lowest BCUT2D eigenvalue weighted by molar-refractivity contribution is -0.119. The van der Waals surface area contributed by atoms with Crippen LogP contribution in [0.5, 0.6) is 0 Å². The summed E-state index contributed by atoms with van der Waals surface area (Å²) >= 11 is 0. The van der Waals surface area contributed by atoms with Gasteiger partial charge in [0, 0.05) is 43.7 Å². The van der Waals surface area contributed by atoms with Crippen LogP contribution in [-0.2, 0) is 20.9 Å². The van der Waals surface area contributed by atoms with Crippen LogP contribution in [0.1, 0.15) is 99.5 Å². The normalized spacial score (nSPS) is 11.8. The first-order valence-electron chi connectivity index (χ1n) is 13.6. The minimum Gasteiger partial charge on any atom is -0.392 e. The van der Waals surface area contributed by atoms with Crippen molar-refractivity contribution in [3.05, 3.63) is 65.2 Å². The van der Waals surface area contributed by atoms with E-state index >= 15 is 0 Å². The Balaban J connectivity index is 1.79. The first kappa shape index (κ1) is 30.4. The summed E-state index contributed by atoms with van der Waals surface area (Å²) in [7, 11) is 0. The molecule has 0 bridgehead atoms. The molecule has 6 nitrogen and oxygen atoms in total. The summed E-state index contributed by atoms with van der Waals surface area (Å²) < 4.78 is 5.78. The Labute approximate surface area is 222 Å². The van der Waals surface area contributed by atoms with Crippen LogP contribution in [0.4, 0.5) is 5.69 Å². The van der Waals surface area contributed by atoms with Gasteiger partial charge in [0.25, 0.3) is 0 Å². The van der Waals surface area contributed by atoms with Gasteiger partial charge in [-0.2, -0.15) is 0 Å². The Kier molecular flexibility index (Phi) is 13.8. The number of rotatable bonds is 18. The number of unbranched alkanes of at least 4 members (excludes halogenated alkanes) is 2. The molecule has 0 aliphatic rings. The molecule has 2 rings (SSSR count). The topological polar surface area (TPSA) is 83.9 Å². The van der Waals surface area contributed by atoms with Crippen molar-refractivity contribution in [3.63, 3.8) is 0 Å². The number of Topliss-reactive ketones (excluding diaryl/α,β-unsaturated/α-hetero) is 2. The lowest BCUT2D eigenvalue weighted by atomic mass is 9.96. The largest absolute Gasteiger partial charge is 0.392 e. The lowest BCUT2D eigenvalue weighted by Gasteiger charge is -2.23. The number of aliphatic hydroxyl groups excluding tert-OH is 1. The molecule has 1 N–H and O–H groups in total. The molecule has 2 aromatic carbocycles. The zero-order valence-corrected chi connectivity index (χ0v) is 22.7. The molecule has 2 aromatic rings. The van der Waals surface area contributed by atoms with Gasteiger partial charge < -0.3 is 19.5 Å². The highest BCUT2D eigenvalue weighted by Crippen LogP contribution is 2.20. The molecule has 1 atom stereocenters. The van der Waals surface area contributed by atoms with Crippen molar-refractivity contribution >= 4 is 23.2 Å². The highest BCUT2D eigenvalue weighted by Gasteiger charge is 2.16. The van der Waals surface area contributed by atoms with Crippen molar-refractivity contribution in [2.75, 3.05) is 24.7 Å². The molecule has 0 spiro atoms. The Bertz CT molecular complexity index is 968. The average Bonchev–Trinajstić information content (AvgIpc) is 2.91. The first-order chi connectivity index (χ1) is 17.8. The predicted octanol–water partition coefficient (Wildman–Crippen LogP) is 6.24. The summed E-state index contributed by atoms with van der Waals surface area (Å²) in [5, 5.41) is 9.31. The van der Waals surface area contributed by atoms with Crippen molar-refractivity contribution in [2.45, 2.75) is 84.7 Å². The van der Waals surface area contributed by atoms with Gasteiger partial charge in [0.1, 0.15) is 5.78 Å². The fourth-order valence-electron chi connectivity index (χ4n) is 4.11. The molecule has 0 aliphatic heterocycles. The second-order valence-corrected chi connectivity index (χ2v) is 9.70. The number of carbonyl (C=O) groups excluding carboxylic acids is 3. The van der Waals surface area contributed by atoms with E-state index in [9.17, 15) is 19.5 Å². The molecule has 6 heteroatoms. The van der Waals surface area contributed by atoms with Crippen LogP contribution < -0.4 is 4.90 Å². The van der Waals surface area contributed by atoms with E-state index in [4.69, 9.17) is 4.74 Å². The smallest absolute Gasteiger partial charge is 0.227 e. The molecule has 0 saturated heterocycles. The van der Waals surface area contributed by atoms with Gasteiger partial charge in [0.15, 0.2) is 5.78 Å². The Morgan fingerprint density at radius 2 is 1.54 bits per heavy atom. The number of benzene rings is 2. The molecule has 0 aliphatic carbocycles. The van der Waals surface area contributed by atoms with Crippen LogP contribution in [0.25, 0.3) is 0 Å². The fourth-order valence-corrected chi connectivity index (χ4v) is 4.11. The third-order valence-electron chi connectivity index (χ3n) is 6.72. The van der Waals surface area contributed by atoms with Crippen LogP contribution in [0.15, 0.2) is 48.5 Å². The quantitative estimate of drug-likeness (QED) is 0.190. The van der Waals surface area contributed by atoms with E-state index in [1.807, 2.05) is 48.5 Å². The summed E-state index contributed by atoms with van der Waals surface area (Å²) in [4.78, 5) is 38.3. The van der Waals surface area contributed by atoms with E-state index in [0.29, 0.717) is 51.4 Å². The molecule has 0 radical (unpaired) electrons. The first-order valence-corrected chi connectivity index (χ1v) is 13.6. The van der Waals surface area contributed by atoms with E-state index in [1.165, 1.54) is 5.56 Å². The van der Waals surface area contributed by atoms with Gasteiger partial charge in [-0.25, -0.2) is 0 Å². The highest BCUT2D eigenvalue weighted by molar-refractivity contribution is 5.96. The number of aliphatic hydroxyl groups is 1. The van der Waals surface area contributed by atoms with E-state index in [0.717, 1.165) is 42.5 Å². The Morgan fingerprint density at radius 1 is 0.865 bits per heavy atom. The summed E-state index contributed by atoms with van der Waals surface area (Å²) in [6.07, 6.45) is 5.46. The molecule has 0 saturated carbocycles. The number of ether oxygens (including phenoxy) is 1. The van der Waals surface area contributed by atoms with E-state index in [2.05, 4.69) is 13.8 Å². The van der Waals surface area contributed by atoms with Gasteiger partial charge in [-0.3, -0.25) is 9.59 Å². The SMILES string of the molecule is CCC(C)c1ccc(C(=O)CCCOCCN(C(=O)CCCCCC(C)=O)c2ccc(CO)cc2)cc1. The van der Waals surface area contributed by atoms with Crippen LogP contribution in [0.2, 0.25) is 0 Å². The molecule has 0 heterocycles. The molecular formula is C31H43NO5. The number of nitrogens with zero attached hydrogens (tertiary/aromatic N) is 1. The van der Waals surface area contributed by atoms with E-state index in [-0.39, 0.29) is 24.1 Å². The third kappa shape index (κ3) is 11.0. The van der Waals surface area contributed by atoms with Crippen LogP contribution in [-0.4, -0.2) is 42.3 Å². The minimum atomic E-state index is -0.0474. The number of hydrogen-bond donors (Lipinski definition) is 1. The van der Waals surface area contributed by atoms with E-state index in [1.54, 1.807) is 11.8 Å². The third-order valence-corrected chi connectivity index (χ3v) is 6.72. The predicted molar refractivity (Wildman–Crippen MR) is 148 cm³/mol. The van der Waals surface area contributed by atoms with Crippen molar-refractivity contribution in [2.24, 2.45) is 0 Å². The molecule has 37 heavy (non-hydrogen) atoms. The monoisotopic (exact) mass is 509 g/mol. The van der Waals surface area contributed by atoms with Gasteiger partial charge in [-0.1, -0.05) is 56.7 Å². The van der Waals surface area contributed by atoms with Gasteiger partial charge >= 0.3 is 0 Å². The summed E-state index contributed by atoms with van der Waals surface area (Å²) in [6.45, 7) is 7.12. The lowest BCUT2D eigenvalue weighted by Crippen LogP contribution is -2.34. The standard InChI is InChI=1S/C31H43NO5/c1-4-24(2)27-14-16-28(17-15-27)30(35)10-8-21-37-22-20-32(29-18-12-26(23-33)13-19-29)31(36)11-7-5-6-9-25(3)34/h12-19,24,33H,4-11,20-23H2,1-3H3. The van der Waals surface area contributed by atoms with Crippen molar-refractivity contribution < 1.29 is 24.2 Å². The number of hydrogen-bond acceptors (Lipinski definition) is 5. The maximum Gasteiger partial charge on any atom is 0.227 e.